The second-order valence-electron chi connectivity index (χ2n) is 8.78. The zero-order chi connectivity index (χ0) is 24.0. The molecule has 1 aromatic carbocycles. The normalized spacial score (nSPS) is 23.2. The van der Waals surface area contributed by atoms with Gasteiger partial charge in [-0.25, -0.2) is 8.42 Å². The predicted octanol–water partition coefficient (Wildman–Crippen LogP) is 2.13. The fourth-order valence-electron chi connectivity index (χ4n) is 4.60. The van der Waals surface area contributed by atoms with Crippen LogP contribution in [0.25, 0.3) is 6.08 Å². The smallest absolute Gasteiger partial charge is 0.211 e. The molecule has 0 aliphatic carbocycles. The molecule has 5 rings (SSSR count). The molecule has 0 bridgehead atoms. The molecule has 3 aliphatic rings. The van der Waals surface area contributed by atoms with Crippen molar-refractivity contribution in [2.45, 2.75) is 31.6 Å². The number of allylic oxidation sites excluding steroid dienone is 1. The summed E-state index contributed by atoms with van der Waals surface area (Å²) in [5.74, 6) is 1.67. The molecule has 9 nitrogen and oxygen atoms in total. The van der Waals surface area contributed by atoms with Crippen molar-refractivity contribution in [1.29, 1.82) is 0 Å². The van der Waals surface area contributed by atoms with Crippen LogP contribution in [0.15, 0.2) is 58.9 Å². The minimum Gasteiger partial charge on any atom is -0.397 e. The van der Waals surface area contributed by atoms with E-state index < -0.39 is 10.0 Å². The highest BCUT2D eigenvalue weighted by Crippen LogP contribution is 2.39. The summed E-state index contributed by atoms with van der Waals surface area (Å²) in [6.45, 7) is 3.38. The van der Waals surface area contributed by atoms with E-state index in [0.717, 1.165) is 22.9 Å². The second-order valence-corrected chi connectivity index (χ2v) is 11.2. The minimum absolute atomic E-state index is 0.0167. The van der Waals surface area contributed by atoms with Crippen LogP contribution < -0.4 is 5.73 Å². The van der Waals surface area contributed by atoms with E-state index in [1.165, 1.54) is 10.6 Å². The Balaban J connectivity index is 1.41. The van der Waals surface area contributed by atoms with Crippen LogP contribution in [0.4, 0.5) is 0 Å². The topological polar surface area (TPSA) is 110 Å². The maximum absolute atomic E-state index is 11.5. The van der Waals surface area contributed by atoms with Crippen LogP contribution in [0.3, 0.4) is 0 Å². The number of aryl methyl sites for hydroxylation is 1. The van der Waals surface area contributed by atoms with E-state index in [1.54, 1.807) is 12.3 Å². The van der Waals surface area contributed by atoms with Crippen molar-refractivity contribution in [3.63, 3.8) is 0 Å². The third-order valence-corrected chi connectivity index (χ3v) is 7.84. The fraction of sp³-hybridized carbons (Fsp3) is 0.348. The lowest BCUT2D eigenvalue weighted by molar-refractivity contribution is 0.269. The number of rotatable bonds is 6. The lowest BCUT2D eigenvalue weighted by atomic mass is 10.1. The highest BCUT2D eigenvalue weighted by atomic mass is 35.5. The highest BCUT2D eigenvalue weighted by Gasteiger charge is 2.38. The van der Waals surface area contributed by atoms with E-state index in [4.69, 9.17) is 17.3 Å². The summed E-state index contributed by atoms with van der Waals surface area (Å²) in [6, 6.07) is 7.82. The highest BCUT2D eigenvalue weighted by molar-refractivity contribution is 7.88. The molecule has 178 valence electrons. The number of hydrogen-bond acceptors (Lipinski definition) is 7. The summed E-state index contributed by atoms with van der Waals surface area (Å²) < 4.78 is 26.6. The van der Waals surface area contributed by atoms with E-state index in [2.05, 4.69) is 36.8 Å². The molecule has 2 atom stereocenters. The van der Waals surface area contributed by atoms with Crippen molar-refractivity contribution in [2.75, 3.05) is 19.3 Å². The van der Waals surface area contributed by atoms with Crippen LogP contribution in [0.1, 0.15) is 23.3 Å². The molecule has 1 fully saturated rings. The second kappa shape index (κ2) is 8.68. The molecule has 4 heterocycles. The Hall–Kier alpha value is -2.95. The number of hydrogen-bond donors (Lipinski definition) is 1. The van der Waals surface area contributed by atoms with Crippen molar-refractivity contribution in [3.8, 4) is 0 Å². The van der Waals surface area contributed by atoms with Gasteiger partial charge in [0, 0.05) is 30.9 Å². The van der Waals surface area contributed by atoms with Gasteiger partial charge in [0.05, 0.1) is 35.8 Å². The predicted molar refractivity (Wildman–Crippen MR) is 133 cm³/mol. The first-order valence-corrected chi connectivity index (χ1v) is 13.2. The van der Waals surface area contributed by atoms with Crippen LogP contribution in [0.2, 0.25) is 5.02 Å². The van der Waals surface area contributed by atoms with Crippen molar-refractivity contribution in [3.05, 3.63) is 76.1 Å². The van der Waals surface area contributed by atoms with Gasteiger partial charge in [-0.05, 0) is 42.8 Å². The molecular formula is C23H26ClN7O2S. The Morgan fingerprint density at radius 1 is 1.29 bits per heavy atom. The summed E-state index contributed by atoms with van der Waals surface area (Å²) in [6.07, 6.45) is 10.9. The number of aliphatic imine (C=N–C) groups is 1. The number of halogens is 1. The Morgan fingerprint density at radius 3 is 2.82 bits per heavy atom. The number of benzene rings is 1. The Morgan fingerprint density at radius 2 is 2.09 bits per heavy atom. The average molecular weight is 500 g/mol. The van der Waals surface area contributed by atoms with Crippen LogP contribution in [-0.2, 0) is 16.6 Å². The van der Waals surface area contributed by atoms with E-state index in [9.17, 15) is 8.42 Å². The van der Waals surface area contributed by atoms with Crippen LogP contribution in [0.5, 0.6) is 0 Å². The average Bonchev–Trinajstić information content (AvgIpc) is 3.29. The SMILES string of the molecule is Cc1nnc2n1C1C=C(C(N)=CC=NC3CN(S(C)(=O)=O)C3)N(Cc3cccc(Cl)c3)C1C=C2. The van der Waals surface area contributed by atoms with Gasteiger partial charge in [-0.1, -0.05) is 29.8 Å². The molecule has 3 aliphatic heterocycles. The standard InChI is InChI=1S/C23H26ClN7O2S/c1-15-27-28-23-7-6-20-22(31(15)23)11-21(30(20)12-16-4-3-5-17(24)10-16)19(25)8-9-26-18-13-29(14-18)34(2,32)33/h3-11,18,20,22H,12-14,25H2,1-2H3. The van der Waals surface area contributed by atoms with Crippen LogP contribution in [0, 0.1) is 6.92 Å². The molecule has 2 unspecified atom stereocenters. The van der Waals surface area contributed by atoms with Gasteiger partial charge in [0.15, 0.2) is 5.82 Å². The molecule has 11 heteroatoms. The van der Waals surface area contributed by atoms with Crippen molar-refractivity contribution in [2.24, 2.45) is 10.7 Å². The van der Waals surface area contributed by atoms with Gasteiger partial charge in [0.1, 0.15) is 5.82 Å². The number of sulfonamides is 1. The third-order valence-electron chi connectivity index (χ3n) is 6.37. The Kier molecular flexibility index (Phi) is 5.83. The molecule has 0 saturated carbocycles. The number of nitrogens with zero attached hydrogens (tertiary/aromatic N) is 6. The molecule has 34 heavy (non-hydrogen) atoms. The fourth-order valence-corrected chi connectivity index (χ4v) is 5.69. The maximum atomic E-state index is 11.5. The Bertz CT molecular complexity index is 1340. The third kappa shape index (κ3) is 4.28. The van der Waals surface area contributed by atoms with E-state index in [0.29, 0.717) is 30.4 Å². The number of nitrogens with two attached hydrogens (primary N) is 1. The van der Waals surface area contributed by atoms with Crippen LogP contribution >= 0.6 is 11.6 Å². The zero-order valence-electron chi connectivity index (χ0n) is 18.9. The molecule has 2 N–H and O–H groups in total. The molecule has 2 aromatic rings. The molecular weight excluding hydrogens is 474 g/mol. The quantitative estimate of drug-likeness (QED) is 0.610. The minimum atomic E-state index is -3.15. The first-order chi connectivity index (χ1) is 16.2. The van der Waals surface area contributed by atoms with E-state index in [-0.39, 0.29) is 18.1 Å². The van der Waals surface area contributed by atoms with Gasteiger partial charge in [-0.2, -0.15) is 4.31 Å². The summed E-state index contributed by atoms with van der Waals surface area (Å²) in [5, 5.41) is 9.19. The lowest BCUT2D eigenvalue weighted by Crippen LogP contribution is -2.52. The summed E-state index contributed by atoms with van der Waals surface area (Å²) in [7, 11) is -3.15. The van der Waals surface area contributed by atoms with Gasteiger partial charge in [-0.3, -0.25) is 4.99 Å². The molecule has 0 radical (unpaired) electrons. The first-order valence-electron chi connectivity index (χ1n) is 11.0. The summed E-state index contributed by atoms with van der Waals surface area (Å²) in [5.41, 5.74) is 9.11. The largest absolute Gasteiger partial charge is 0.397 e. The molecule has 0 amide bonds. The molecule has 0 spiro atoms. The van der Waals surface area contributed by atoms with Gasteiger partial charge < -0.3 is 15.2 Å². The maximum Gasteiger partial charge on any atom is 0.211 e. The number of aromatic nitrogens is 3. The van der Waals surface area contributed by atoms with Crippen molar-refractivity contribution < 1.29 is 8.42 Å². The lowest BCUT2D eigenvalue weighted by Gasteiger charge is -2.34. The van der Waals surface area contributed by atoms with Crippen molar-refractivity contribution in [1.82, 2.24) is 24.0 Å². The van der Waals surface area contributed by atoms with E-state index in [1.807, 2.05) is 37.3 Å². The summed E-state index contributed by atoms with van der Waals surface area (Å²) >= 11 is 6.23. The Labute approximate surface area is 204 Å². The number of fused-ring (bicyclic) bond motifs is 3. The van der Waals surface area contributed by atoms with Gasteiger partial charge in [-0.15, -0.1) is 10.2 Å². The van der Waals surface area contributed by atoms with E-state index >= 15 is 0 Å². The molecule has 1 saturated heterocycles. The van der Waals surface area contributed by atoms with Crippen LogP contribution in [-0.4, -0.2) is 70.0 Å². The van der Waals surface area contributed by atoms with Crippen molar-refractivity contribution >= 4 is 33.9 Å². The zero-order valence-corrected chi connectivity index (χ0v) is 20.5. The van der Waals surface area contributed by atoms with Gasteiger partial charge in [0.25, 0.3) is 0 Å². The summed E-state index contributed by atoms with van der Waals surface area (Å²) in [4.78, 5) is 6.72. The first kappa shape index (κ1) is 22.8. The monoisotopic (exact) mass is 499 g/mol. The molecule has 1 aromatic heterocycles. The van der Waals surface area contributed by atoms with Gasteiger partial charge >= 0.3 is 0 Å². The van der Waals surface area contributed by atoms with Gasteiger partial charge in [0.2, 0.25) is 10.0 Å².